The lowest BCUT2D eigenvalue weighted by Crippen LogP contribution is -2.32. The monoisotopic (exact) mass is 166 g/mol. The van der Waals surface area contributed by atoms with Crippen molar-refractivity contribution in [2.45, 2.75) is 45.4 Å². The average molecular weight is 166 g/mol. The first-order valence-corrected chi connectivity index (χ1v) is 5.29. The SMILES string of the molecule is CC1CCCC2CC(=O)CCC12. The van der Waals surface area contributed by atoms with Gasteiger partial charge < -0.3 is 0 Å². The van der Waals surface area contributed by atoms with Crippen molar-refractivity contribution >= 4 is 5.78 Å². The number of hydrogen-bond donors (Lipinski definition) is 0. The zero-order chi connectivity index (χ0) is 8.55. The molecule has 0 radical (unpaired) electrons. The largest absolute Gasteiger partial charge is 0.300 e. The van der Waals surface area contributed by atoms with Crippen molar-refractivity contribution in [3.63, 3.8) is 0 Å². The predicted molar refractivity (Wildman–Crippen MR) is 48.9 cm³/mol. The smallest absolute Gasteiger partial charge is 0.133 e. The van der Waals surface area contributed by atoms with Crippen LogP contribution in [0.2, 0.25) is 0 Å². The van der Waals surface area contributed by atoms with E-state index in [1.54, 1.807) is 0 Å². The van der Waals surface area contributed by atoms with E-state index in [9.17, 15) is 4.79 Å². The molecule has 0 heterocycles. The maximum atomic E-state index is 11.2. The number of hydrogen-bond acceptors (Lipinski definition) is 1. The van der Waals surface area contributed by atoms with Gasteiger partial charge in [0.05, 0.1) is 0 Å². The van der Waals surface area contributed by atoms with Crippen LogP contribution in [0.15, 0.2) is 0 Å². The molecule has 1 nitrogen and oxygen atoms in total. The van der Waals surface area contributed by atoms with Crippen LogP contribution < -0.4 is 0 Å². The molecule has 0 aromatic carbocycles. The van der Waals surface area contributed by atoms with Gasteiger partial charge in [-0.2, -0.15) is 0 Å². The van der Waals surface area contributed by atoms with Gasteiger partial charge in [-0.3, -0.25) is 4.79 Å². The lowest BCUT2D eigenvalue weighted by atomic mass is 9.66. The summed E-state index contributed by atoms with van der Waals surface area (Å²) in [6, 6.07) is 0. The van der Waals surface area contributed by atoms with Gasteiger partial charge in [-0.1, -0.05) is 19.8 Å². The Morgan fingerprint density at radius 3 is 2.92 bits per heavy atom. The highest BCUT2D eigenvalue weighted by atomic mass is 16.1. The molecule has 0 saturated heterocycles. The third-order valence-corrected chi connectivity index (χ3v) is 3.82. The zero-order valence-corrected chi connectivity index (χ0v) is 7.88. The fourth-order valence-electron chi connectivity index (χ4n) is 3.09. The quantitative estimate of drug-likeness (QED) is 0.541. The maximum Gasteiger partial charge on any atom is 0.133 e. The normalized spacial score (nSPS) is 42.4. The van der Waals surface area contributed by atoms with Crippen molar-refractivity contribution in [2.24, 2.45) is 17.8 Å². The van der Waals surface area contributed by atoms with Crippen molar-refractivity contribution in [1.29, 1.82) is 0 Å². The van der Waals surface area contributed by atoms with Gasteiger partial charge in [0.1, 0.15) is 5.78 Å². The first-order valence-electron chi connectivity index (χ1n) is 5.29. The Morgan fingerprint density at radius 2 is 2.08 bits per heavy atom. The van der Waals surface area contributed by atoms with Gasteiger partial charge >= 0.3 is 0 Å². The number of carbonyl (C=O) groups excluding carboxylic acids is 1. The summed E-state index contributed by atoms with van der Waals surface area (Å²) in [7, 11) is 0. The highest BCUT2D eigenvalue weighted by Crippen LogP contribution is 2.42. The molecule has 0 amide bonds. The van der Waals surface area contributed by atoms with E-state index in [0.717, 1.165) is 30.6 Å². The average Bonchev–Trinajstić information content (AvgIpc) is 2.04. The van der Waals surface area contributed by atoms with Crippen LogP contribution in [-0.4, -0.2) is 5.78 Å². The Labute approximate surface area is 74.5 Å². The molecular formula is C11H18O. The van der Waals surface area contributed by atoms with Gasteiger partial charge in [0.15, 0.2) is 0 Å². The van der Waals surface area contributed by atoms with Crippen LogP contribution in [0.3, 0.4) is 0 Å². The number of fused-ring (bicyclic) bond motifs is 1. The molecule has 0 N–H and O–H groups in total. The number of Topliss-reactive ketones (excluding diaryl/α,β-unsaturated/α-hetero) is 1. The third kappa shape index (κ3) is 1.41. The van der Waals surface area contributed by atoms with Gasteiger partial charge in [0.25, 0.3) is 0 Å². The van der Waals surface area contributed by atoms with Crippen molar-refractivity contribution < 1.29 is 4.79 Å². The van der Waals surface area contributed by atoms with Crippen molar-refractivity contribution in [3.05, 3.63) is 0 Å². The summed E-state index contributed by atoms with van der Waals surface area (Å²) in [5.41, 5.74) is 0. The van der Waals surface area contributed by atoms with Crippen molar-refractivity contribution in [2.75, 3.05) is 0 Å². The summed E-state index contributed by atoms with van der Waals surface area (Å²) in [4.78, 5) is 11.2. The van der Waals surface area contributed by atoms with Crippen LogP contribution in [0, 0.1) is 17.8 Å². The standard InChI is InChI=1S/C11H18O/c1-8-3-2-4-9-7-10(12)5-6-11(8)9/h8-9,11H,2-7H2,1H3. The molecule has 2 rings (SSSR count). The topological polar surface area (TPSA) is 17.1 Å². The molecule has 2 aliphatic rings. The van der Waals surface area contributed by atoms with Crippen LogP contribution in [-0.2, 0) is 4.79 Å². The number of carbonyl (C=O) groups is 1. The molecule has 0 spiro atoms. The van der Waals surface area contributed by atoms with Gasteiger partial charge in [0.2, 0.25) is 0 Å². The molecule has 0 aliphatic heterocycles. The second kappa shape index (κ2) is 3.20. The second-order valence-corrected chi connectivity index (χ2v) is 4.61. The highest BCUT2D eigenvalue weighted by Gasteiger charge is 2.34. The Kier molecular flexibility index (Phi) is 2.20. The zero-order valence-electron chi connectivity index (χ0n) is 7.88. The second-order valence-electron chi connectivity index (χ2n) is 4.61. The van der Waals surface area contributed by atoms with Crippen LogP contribution in [0.4, 0.5) is 0 Å². The van der Waals surface area contributed by atoms with E-state index in [4.69, 9.17) is 0 Å². The minimum absolute atomic E-state index is 0.519. The van der Waals surface area contributed by atoms with Crippen LogP contribution in [0.5, 0.6) is 0 Å². The van der Waals surface area contributed by atoms with Crippen LogP contribution >= 0.6 is 0 Å². The first-order chi connectivity index (χ1) is 5.77. The first kappa shape index (κ1) is 8.28. The molecule has 2 saturated carbocycles. The van der Waals surface area contributed by atoms with Gasteiger partial charge in [-0.25, -0.2) is 0 Å². The Morgan fingerprint density at radius 1 is 1.25 bits per heavy atom. The third-order valence-electron chi connectivity index (χ3n) is 3.82. The lowest BCUT2D eigenvalue weighted by molar-refractivity contribution is -0.123. The van der Waals surface area contributed by atoms with E-state index in [1.165, 1.54) is 25.7 Å². The molecule has 12 heavy (non-hydrogen) atoms. The number of rotatable bonds is 0. The van der Waals surface area contributed by atoms with E-state index in [2.05, 4.69) is 6.92 Å². The molecule has 0 bridgehead atoms. The summed E-state index contributed by atoms with van der Waals surface area (Å²) in [6.07, 6.45) is 7.02. The van der Waals surface area contributed by atoms with E-state index in [0.29, 0.717) is 5.78 Å². The predicted octanol–water partition coefficient (Wildman–Crippen LogP) is 2.79. The minimum Gasteiger partial charge on any atom is -0.300 e. The summed E-state index contributed by atoms with van der Waals surface area (Å²) >= 11 is 0. The highest BCUT2D eigenvalue weighted by molar-refractivity contribution is 5.79. The van der Waals surface area contributed by atoms with E-state index in [-0.39, 0.29) is 0 Å². The van der Waals surface area contributed by atoms with Crippen molar-refractivity contribution in [1.82, 2.24) is 0 Å². The molecule has 68 valence electrons. The Bertz CT molecular complexity index is 185. The van der Waals surface area contributed by atoms with E-state index < -0.39 is 0 Å². The lowest BCUT2D eigenvalue weighted by Gasteiger charge is -2.39. The molecule has 0 aromatic heterocycles. The van der Waals surface area contributed by atoms with Crippen molar-refractivity contribution in [3.8, 4) is 0 Å². The molecule has 1 heteroatoms. The summed E-state index contributed by atoms with van der Waals surface area (Å²) < 4.78 is 0. The summed E-state index contributed by atoms with van der Waals surface area (Å²) in [5, 5.41) is 0. The summed E-state index contributed by atoms with van der Waals surface area (Å²) in [6.45, 7) is 2.37. The Hall–Kier alpha value is -0.330. The fourth-order valence-corrected chi connectivity index (χ4v) is 3.09. The molecule has 3 atom stereocenters. The van der Waals surface area contributed by atoms with Crippen LogP contribution in [0.25, 0.3) is 0 Å². The maximum absolute atomic E-state index is 11.2. The minimum atomic E-state index is 0.519. The van der Waals surface area contributed by atoms with Gasteiger partial charge in [0, 0.05) is 12.8 Å². The Balaban J connectivity index is 2.04. The molecule has 3 unspecified atom stereocenters. The molecule has 0 aromatic rings. The summed E-state index contributed by atoms with van der Waals surface area (Å²) in [5.74, 6) is 3.05. The van der Waals surface area contributed by atoms with Crippen LogP contribution in [0.1, 0.15) is 45.4 Å². The molecular weight excluding hydrogens is 148 g/mol. The molecule has 2 fully saturated rings. The number of ketones is 1. The van der Waals surface area contributed by atoms with Gasteiger partial charge in [-0.15, -0.1) is 0 Å². The van der Waals surface area contributed by atoms with Gasteiger partial charge in [-0.05, 0) is 30.6 Å². The van der Waals surface area contributed by atoms with E-state index in [1.807, 2.05) is 0 Å². The molecule has 2 aliphatic carbocycles. The fraction of sp³-hybridized carbons (Fsp3) is 0.909. The van der Waals surface area contributed by atoms with E-state index >= 15 is 0 Å².